The fourth-order valence-corrected chi connectivity index (χ4v) is 2.62. The lowest BCUT2D eigenvalue weighted by Crippen LogP contribution is -2.53. The Morgan fingerprint density at radius 1 is 1.47 bits per heavy atom. The molecule has 0 spiro atoms. The summed E-state index contributed by atoms with van der Waals surface area (Å²) >= 11 is 5.02. The van der Waals surface area contributed by atoms with E-state index in [2.05, 4.69) is 10.3 Å². The number of nitrogens with two attached hydrogens (primary N) is 1. The van der Waals surface area contributed by atoms with E-state index in [9.17, 15) is 4.79 Å². The molecule has 0 aliphatic heterocycles. The van der Waals surface area contributed by atoms with Gasteiger partial charge in [-0.2, -0.15) is 0 Å². The van der Waals surface area contributed by atoms with Crippen LogP contribution in [0.1, 0.15) is 32.1 Å². The van der Waals surface area contributed by atoms with Gasteiger partial charge >= 0.3 is 0 Å². The van der Waals surface area contributed by atoms with Gasteiger partial charge in [-0.15, -0.1) is 0 Å². The van der Waals surface area contributed by atoms with Crippen LogP contribution in [0.2, 0.25) is 0 Å². The first-order valence-corrected chi connectivity index (χ1v) is 7.10. The van der Waals surface area contributed by atoms with Crippen LogP contribution in [0.3, 0.4) is 0 Å². The summed E-state index contributed by atoms with van der Waals surface area (Å²) in [6.45, 7) is 1.61. The molecule has 1 heterocycles. The number of hydrogen-bond acceptors (Lipinski definition) is 3. The van der Waals surface area contributed by atoms with Crippen molar-refractivity contribution in [1.29, 1.82) is 0 Å². The molecule has 1 aliphatic rings. The summed E-state index contributed by atoms with van der Waals surface area (Å²) in [5, 5.41) is 2.96. The highest BCUT2D eigenvalue weighted by Crippen LogP contribution is 2.41. The summed E-state index contributed by atoms with van der Waals surface area (Å²) < 4.78 is 2.03. The molecule has 0 bridgehead atoms. The van der Waals surface area contributed by atoms with Crippen molar-refractivity contribution in [2.45, 2.75) is 38.6 Å². The van der Waals surface area contributed by atoms with Crippen LogP contribution in [0.4, 0.5) is 0 Å². The quantitative estimate of drug-likeness (QED) is 0.582. The zero-order valence-electron chi connectivity index (χ0n) is 11.0. The molecule has 0 radical (unpaired) electrons. The fourth-order valence-electron chi connectivity index (χ4n) is 2.33. The highest BCUT2D eigenvalue weighted by Gasteiger charge is 2.46. The van der Waals surface area contributed by atoms with E-state index in [1.165, 1.54) is 0 Å². The minimum Gasteiger partial charge on any atom is -0.392 e. The van der Waals surface area contributed by atoms with E-state index in [1.807, 2.05) is 10.8 Å². The van der Waals surface area contributed by atoms with E-state index in [1.54, 1.807) is 12.5 Å². The van der Waals surface area contributed by atoms with Crippen LogP contribution in [0.5, 0.6) is 0 Å². The number of imidazole rings is 1. The number of thiocarbonyl (C=S) groups is 1. The number of nitrogens with zero attached hydrogens (tertiary/aromatic N) is 2. The second-order valence-electron chi connectivity index (χ2n) is 5.06. The van der Waals surface area contributed by atoms with Gasteiger partial charge in [0.2, 0.25) is 5.91 Å². The van der Waals surface area contributed by atoms with Crippen LogP contribution in [-0.4, -0.2) is 27.0 Å². The molecule has 5 nitrogen and oxygen atoms in total. The second-order valence-corrected chi connectivity index (χ2v) is 5.50. The third-order valence-electron chi connectivity index (χ3n) is 3.80. The third kappa shape index (κ3) is 3.12. The lowest BCUT2D eigenvalue weighted by atomic mass is 9.68. The lowest BCUT2D eigenvalue weighted by Gasteiger charge is -2.39. The van der Waals surface area contributed by atoms with Crippen molar-refractivity contribution in [2.75, 3.05) is 6.54 Å². The normalized spacial score (nSPS) is 16.6. The maximum absolute atomic E-state index is 12.1. The minimum atomic E-state index is -0.556. The fraction of sp³-hybridized carbons (Fsp3) is 0.615. The van der Waals surface area contributed by atoms with Gasteiger partial charge in [0.1, 0.15) is 0 Å². The molecule has 0 saturated heterocycles. The summed E-state index contributed by atoms with van der Waals surface area (Å²) in [6.07, 6.45) is 10.1. The monoisotopic (exact) mass is 280 g/mol. The molecular formula is C13H20N4OS. The maximum atomic E-state index is 12.1. The van der Waals surface area contributed by atoms with Gasteiger partial charge in [0.05, 0.1) is 16.7 Å². The first-order chi connectivity index (χ1) is 9.15. The lowest BCUT2D eigenvalue weighted by molar-refractivity contribution is -0.130. The Hall–Kier alpha value is -1.43. The molecule has 104 valence electrons. The number of hydrogen-bond donors (Lipinski definition) is 2. The SMILES string of the molecule is NC(=S)C1(C(=O)NCCCCn2ccnc2)CCC1. The molecule has 1 aliphatic carbocycles. The van der Waals surface area contributed by atoms with Gasteiger partial charge in [0.15, 0.2) is 0 Å². The molecule has 3 N–H and O–H groups in total. The molecule has 1 saturated carbocycles. The molecule has 0 unspecified atom stereocenters. The van der Waals surface area contributed by atoms with Crippen molar-refractivity contribution in [3.05, 3.63) is 18.7 Å². The van der Waals surface area contributed by atoms with Gasteiger partial charge in [0, 0.05) is 25.5 Å². The predicted molar refractivity (Wildman–Crippen MR) is 77.5 cm³/mol. The molecule has 1 aromatic rings. The number of amides is 1. The average molecular weight is 280 g/mol. The van der Waals surface area contributed by atoms with Gasteiger partial charge in [0.25, 0.3) is 0 Å². The van der Waals surface area contributed by atoms with Gasteiger partial charge in [-0.3, -0.25) is 4.79 Å². The predicted octanol–water partition coefficient (Wildman–Crippen LogP) is 1.24. The first-order valence-electron chi connectivity index (χ1n) is 6.69. The van der Waals surface area contributed by atoms with E-state index >= 15 is 0 Å². The van der Waals surface area contributed by atoms with Gasteiger partial charge in [-0.05, 0) is 25.7 Å². The standard InChI is InChI=1S/C13H20N4OS/c14-11(19)13(4-3-5-13)12(18)16-6-1-2-8-17-9-7-15-10-17/h7,9-10H,1-6,8H2,(H2,14,19)(H,16,18). The van der Waals surface area contributed by atoms with E-state index in [0.717, 1.165) is 38.6 Å². The summed E-state index contributed by atoms with van der Waals surface area (Å²) in [7, 11) is 0. The zero-order chi connectivity index (χ0) is 13.7. The molecule has 0 aromatic carbocycles. The van der Waals surface area contributed by atoms with Crippen LogP contribution in [-0.2, 0) is 11.3 Å². The number of aromatic nitrogens is 2. The molecule has 19 heavy (non-hydrogen) atoms. The smallest absolute Gasteiger partial charge is 0.233 e. The minimum absolute atomic E-state index is 0.00822. The highest BCUT2D eigenvalue weighted by molar-refractivity contribution is 7.80. The van der Waals surface area contributed by atoms with Crippen molar-refractivity contribution in [3.63, 3.8) is 0 Å². The Bertz CT molecular complexity index is 440. The van der Waals surface area contributed by atoms with Crippen LogP contribution >= 0.6 is 12.2 Å². The number of nitrogens with one attached hydrogen (secondary N) is 1. The van der Waals surface area contributed by atoms with Crippen molar-refractivity contribution in [3.8, 4) is 0 Å². The molecule has 1 amide bonds. The molecule has 1 aromatic heterocycles. The van der Waals surface area contributed by atoms with Crippen molar-refractivity contribution >= 4 is 23.1 Å². The van der Waals surface area contributed by atoms with Crippen LogP contribution in [0.15, 0.2) is 18.7 Å². The van der Waals surface area contributed by atoms with Crippen LogP contribution in [0, 0.1) is 5.41 Å². The molecular weight excluding hydrogens is 260 g/mol. The number of aryl methyl sites for hydroxylation is 1. The first kappa shape index (κ1) is 14.0. The van der Waals surface area contributed by atoms with Crippen molar-refractivity contribution in [2.24, 2.45) is 11.1 Å². The second kappa shape index (κ2) is 6.14. The van der Waals surface area contributed by atoms with Crippen LogP contribution < -0.4 is 11.1 Å². The Morgan fingerprint density at radius 3 is 2.79 bits per heavy atom. The highest BCUT2D eigenvalue weighted by atomic mass is 32.1. The van der Waals surface area contributed by atoms with E-state index in [0.29, 0.717) is 11.5 Å². The van der Waals surface area contributed by atoms with E-state index < -0.39 is 5.41 Å². The molecule has 2 rings (SSSR count). The largest absolute Gasteiger partial charge is 0.392 e. The van der Waals surface area contributed by atoms with E-state index in [-0.39, 0.29) is 5.91 Å². The number of carbonyl (C=O) groups is 1. The number of rotatable bonds is 7. The Balaban J connectivity index is 1.65. The molecule has 1 fully saturated rings. The Labute approximate surface area is 118 Å². The van der Waals surface area contributed by atoms with Crippen molar-refractivity contribution in [1.82, 2.24) is 14.9 Å². The third-order valence-corrected chi connectivity index (χ3v) is 4.19. The Kier molecular flexibility index (Phi) is 4.52. The van der Waals surface area contributed by atoms with Crippen molar-refractivity contribution < 1.29 is 4.79 Å². The summed E-state index contributed by atoms with van der Waals surface area (Å²) in [5.74, 6) is 0.00822. The van der Waals surface area contributed by atoms with Gasteiger partial charge in [-0.1, -0.05) is 18.6 Å². The molecule has 0 atom stereocenters. The van der Waals surface area contributed by atoms with E-state index in [4.69, 9.17) is 18.0 Å². The number of unbranched alkanes of at least 4 members (excludes halogenated alkanes) is 1. The van der Waals surface area contributed by atoms with Gasteiger partial charge in [-0.25, -0.2) is 4.98 Å². The summed E-state index contributed by atoms with van der Waals surface area (Å²) in [4.78, 5) is 16.4. The molecule has 6 heteroatoms. The Morgan fingerprint density at radius 2 is 2.26 bits per heavy atom. The zero-order valence-corrected chi connectivity index (χ0v) is 11.8. The maximum Gasteiger partial charge on any atom is 0.233 e. The van der Waals surface area contributed by atoms with Crippen LogP contribution in [0.25, 0.3) is 0 Å². The van der Waals surface area contributed by atoms with Gasteiger partial charge < -0.3 is 15.6 Å². The summed E-state index contributed by atoms with van der Waals surface area (Å²) in [6, 6.07) is 0. The topological polar surface area (TPSA) is 72.9 Å². The number of carbonyl (C=O) groups excluding carboxylic acids is 1. The summed E-state index contributed by atoms with van der Waals surface area (Å²) in [5.41, 5.74) is 5.13. The average Bonchev–Trinajstić information content (AvgIpc) is 2.79.